The van der Waals surface area contributed by atoms with Crippen LogP contribution in [0.1, 0.15) is 32.0 Å². The van der Waals surface area contributed by atoms with Crippen molar-refractivity contribution in [1.29, 1.82) is 0 Å². The minimum absolute atomic E-state index is 0.208. The SMILES string of the molecule is CCC(C)c1nc2ccccc2n1CC(O)COc1cccc(OC)c1. The van der Waals surface area contributed by atoms with Gasteiger partial charge in [0, 0.05) is 12.0 Å². The molecule has 0 radical (unpaired) electrons. The average Bonchev–Trinajstić information content (AvgIpc) is 3.04. The van der Waals surface area contributed by atoms with Crippen LogP contribution in [0.25, 0.3) is 11.0 Å². The van der Waals surface area contributed by atoms with Gasteiger partial charge in [-0.3, -0.25) is 0 Å². The van der Waals surface area contributed by atoms with Crippen molar-refractivity contribution in [3.8, 4) is 11.5 Å². The third-order valence-electron chi connectivity index (χ3n) is 4.61. The number of benzene rings is 2. The molecule has 0 aliphatic rings. The molecule has 5 nitrogen and oxygen atoms in total. The monoisotopic (exact) mass is 354 g/mol. The first-order valence-corrected chi connectivity index (χ1v) is 9.02. The average molecular weight is 354 g/mol. The predicted molar refractivity (Wildman–Crippen MR) is 103 cm³/mol. The molecule has 2 aromatic carbocycles. The van der Waals surface area contributed by atoms with E-state index >= 15 is 0 Å². The maximum Gasteiger partial charge on any atom is 0.123 e. The fourth-order valence-electron chi connectivity index (χ4n) is 2.99. The first-order chi connectivity index (χ1) is 12.6. The molecule has 0 fully saturated rings. The van der Waals surface area contributed by atoms with Gasteiger partial charge in [0.1, 0.15) is 30.0 Å². The summed E-state index contributed by atoms with van der Waals surface area (Å²) >= 11 is 0. The second-order valence-electron chi connectivity index (χ2n) is 6.52. The van der Waals surface area contributed by atoms with E-state index < -0.39 is 6.10 Å². The summed E-state index contributed by atoms with van der Waals surface area (Å²) in [7, 11) is 1.62. The number of nitrogens with zero attached hydrogens (tertiary/aromatic N) is 2. The number of ether oxygens (including phenoxy) is 2. The maximum absolute atomic E-state index is 10.5. The molecule has 0 aliphatic heterocycles. The number of aliphatic hydroxyl groups is 1. The topological polar surface area (TPSA) is 56.5 Å². The van der Waals surface area contributed by atoms with Crippen LogP contribution in [0.3, 0.4) is 0 Å². The number of aromatic nitrogens is 2. The molecule has 0 spiro atoms. The van der Waals surface area contributed by atoms with E-state index in [1.807, 2.05) is 48.5 Å². The zero-order valence-electron chi connectivity index (χ0n) is 15.6. The third-order valence-corrected chi connectivity index (χ3v) is 4.61. The van der Waals surface area contributed by atoms with E-state index in [0.29, 0.717) is 18.2 Å². The minimum atomic E-state index is -0.637. The summed E-state index contributed by atoms with van der Waals surface area (Å²) in [4.78, 5) is 4.77. The maximum atomic E-state index is 10.5. The molecule has 1 N–H and O–H groups in total. The molecule has 3 rings (SSSR count). The summed E-state index contributed by atoms with van der Waals surface area (Å²) in [5.74, 6) is 2.75. The number of hydrogen-bond donors (Lipinski definition) is 1. The van der Waals surface area contributed by atoms with Gasteiger partial charge in [0.05, 0.1) is 24.7 Å². The number of fused-ring (bicyclic) bond motifs is 1. The van der Waals surface area contributed by atoms with E-state index in [1.54, 1.807) is 7.11 Å². The van der Waals surface area contributed by atoms with Crippen LogP contribution in [0, 0.1) is 0 Å². The summed E-state index contributed by atoms with van der Waals surface area (Å²) in [5, 5.41) is 10.5. The summed E-state index contributed by atoms with van der Waals surface area (Å²) in [6.07, 6.45) is 0.362. The van der Waals surface area contributed by atoms with Gasteiger partial charge in [0.25, 0.3) is 0 Å². The summed E-state index contributed by atoms with van der Waals surface area (Å²) < 4.78 is 13.0. The first kappa shape index (κ1) is 18.3. The molecule has 5 heteroatoms. The highest BCUT2D eigenvalue weighted by Crippen LogP contribution is 2.25. The Kier molecular flexibility index (Phi) is 5.78. The lowest BCUT2D eigenvalue weighted by atomic mass is 10.1. The van der Waals surface area contributed by atoms with Crippen LogP contribution >= 0.6 is 0 Å². The van der Waals surface area contributed by atoms with E-state index in [9.17, 15) is 5.11 Å². The molecule has 0 saturated carbocycles. The van der Waals surface area contributed by atoms with Crippen molar-refractivity contribution in [3.63, 3.8) is 0 Å². The van der Waals surface area contributed by atoms with Crippen LogP contribution in [0.15, 0.2) is 48.5 Å². The lowest BCUT2D eigenvalue weighted by molar-refractivity contribution is 0.0923. The summed E-state index contributed by atoms with van der Waals surface area (Å²) in [6.45, 7) is 4.97. The van der Waals surface area contributed by atoms with E-state index in [1.165, 1.54) is 0 Å². The van der Waals surface area contributed by atoms with Gasteiger partial charge in [-0.25, -0.2) is 4.98 Å². The van der Waals surface area contributed by atoms with Gasteiger partial charge in [-0.05, 0) is 30.7 Å². The largest absolute Gasteiger partial charge is 0.497 e. The fourth-order valence-corrected chi connectivity index (χ4v) is 2.99. The molecular formula is C21H26N2O3. The van der Waals surface area contributed by atoms with E-state index in [2.05, 4.69) is 18.4 Å². The molecule has 0 aliphatic carbocycles. The zero-order valence-corrected chi connectivity index (χ0v) is 15.6. The Morgan fingerprint density at radius 1 is 1.12 bits per heavy atom. The highest BCUT2D eigenvalue weighted by Gasteiger charge is 2.18. The quantitative estimate of drug-likeness (QED) is 0.664. The standard InChI is InChI=1S/C21H26N2O3/c1-4-15(2)21-22-19-10-5-6-11-20(19)23(21)13-16(24)14-26-18-9-7-8-17(12-18)25-3/h5-12,15-16,24H,4,13-14H2,1-3H3. The van der Waals surface area contributed by atoms with Crippen molar-refractivity contribution in [2.75, 3.05) is 13.7 Å². The number of para-hydroxylation sites is 2. The van der Waals surface area contributed by atoms with Crippen LogP contribution in [0.2, 0.25) is 0 Å². The Hall–Kier alpha value is -2.53. The van der Waals surface area contributed by atoms with Crippen LogP contribution in [-0.2, 0) is 6.54 Å². The molecule has 138 valence electrons. The Balaban J connectivity index is 1.75. The van der Waals surface area contributed by atoms with Gasteiger partial charge in [-0.2, -0.15) is 0 Å². The van der Waals surface area contributed by atoms with Crippen molar-refractivity contribution in [3.05, 3.63) is 54.4 Å². The minimum Gasteiger partial charge on any atom is -0.497 e. The van der Waals surface area contributed by atoms with Crippen molar-refractivity contribution < 1.29 is 14.6 Å². The highest BCUT2D eigenvalue weighted by molar-refractivity contribution is 5.76. The van der Waals surface area contributed by atoms with Crippen molar-refractivity contribution in [2.45, 2.75) is 38.8 Å². The molecule has 0 bridgehead atoms. The number of hydrogen-bond acceptors (Lipinski definition) is 4. The second kappa shape index (κ2) is 8.23. The molecule has 0 saturated heterocycles. The number of imidazole rings is 1. The van der Waals surface area contributed by atoms with Gasteiger partial charge in [-0.1, -0.05) is 32.0 Å². The lowest BCUT2D eigenvalue weighted by Gasteiger charge is -2.18. The van der Waals surface area contributed by atoms with Gasteiger partial charge in [0.2, 0.25) is 0 Å². The van der Waals surface area contributed by atoms with Gasteiger partial charge < -0.3 is 19.1 Å². The first-order valence-electron chi connectivity index (χ1n) is 9.02. The molecule has 3 aromatic rings. The van der Waals surface area contributed by atoms with Crippen molar-refractivity contribution >= 4 is 11.0 Å². The van der Waals surface area contributed by atoms with E-state index in [0.717, 1.165) is 29.0 Å². The van der Waals surface area contributed by atoms with Gasteiger partial charge in [0.15, 0.2) is 0 Å². The van der Waals surface area contributed by atoms with Gasteiger partial charge >= 0.3 is 0 Å². The summed E-state index contributed by atoms with van der Waals surface area (Å²) in [5.41, 5.74) is 2.01. The smallest absolute Gasteiger partial charge is 0.123 e. The Bertz CT molecular complexity index is 859. The molecule has 26 heavy (non-hydrogen) atoms. The van der Waals surface area contributed by atoms with Gasteiger partial charge in [-0.15, -0.1) is 0 Å². The Morgan fingerprint density at radius 2 is 1.88 bits per heavy atom. The Labute approximate surface area is 154 Å². The Morgan fingerprint density at radius 3 is 2.65 bits per heavy atom. The van der Waals surface area contributed by atoms with E-state index in [-0.39, 0.29) is 6.61 Å². The van der Waals surface area contributed by atoms with Crippen LogP contribution in [0.4, 0.5) is 0 Å². The number of rotatable bonds is 8. The third kappa shape index (κ3) is 3.99. The van der Waals surface area contributed by atoms with E-state index in [4.69, 9.17) is 14.5 Å². The van der Waals surface area contributed by atoms with Crippen LogP contribution < -0.4 is 9.47 Å². The predicted octanol–water partition coefficient (Wildman–Crippen LogP) is 4.00. The van der Waals surface area contributed by atoms with Crippen molar-refractivity contribution in [1.82, 2.24) is 9.55 Å². The fraction of sp³-hybridized carbons (Fsp3) is 0.381. The summed E-state index contributed by atoms with van der Waals surface area (Å²) in [6, 6.07) is 15.4. The molecule has 1 heterocycles. The van der Waals surface area contributed by atoms with Crippen LogP contribution in [0.5, 0.6) is 11.5 Å². The second-order valence-corrected chi connectivity index (χ2v) is 6.52. The lowest BCUT2D eigenvalue weighted by Crippen LogP contribution is -2.25. The highest BCUT2D eigenvalue weighted by atomic mass is 16.5. The number of aliphatic hydroxyl groups excluding tert-OH is 1. The normalized spacial score (nSPS) is 13.5. The molecular weight excluding hydrogens is 328 g/mol. The zero-order chi connectivity index (χ0) is 18.5. The van der Waals surface area contributed by atoms with Crippen LogP contribution in [-0.4, -0.2) is 34.5 Å². The molecule has 1 aromatic heterocycles. The molecule has 2 unspecified atom stereocenters. The molecule has 0 amide bonds. The number of methoxy groups -OCH3 is 1. The molecule has 2 atom stereocenters. The van der Waals surface area contributed by atoms with Crippen molar-refractivity contribution in [2.24, 2.45) is 0 Å².